The summed E-state index contributed by atoms with van der Waals surface area (Å²) in [5.74, 6) is 1.14. The van der Waals surface area contributed by atoms with E-state index in [0.717, 1.165) is 31.5 Å². The van der Waals surface area contributed by atoms with E-state index in [4.69, 9.17) is 0 Å². The summed E-state index contributed by atoms with van der Waals surface area (Å²) >= 11 is 0. The SMILES string of the molecule is CCCC(CCC)c1nc2c([nH]1)c(=O)[nH]c(=O)n2CC. The van der Waals surface area contributed by atoms with Crippen LogP contribution in [0.15, 0.2) is 9.59 Å². The van der Waals surface area contributed by atoms with E-state index in [1.54, 1.807) is 0 Å². The molecule has 0 aromatic carbocycles. The Hall–Kier alpha value is -1.85. The summed E-state index contributed by atoms with van der Waals surface area (Å²) in [5, 5.41) is 0. The molecule has 2 N–H and O–H groups in total. The van der Waals surface area contributed by atoms with Crippen molar-refractivity contribution in [2.24, 2.45) is 0 Å². The number of nitrogens with zero attached hydrogens (tertiary/aromatic N) is 2. The number of H-pyrrole nitrogens is 2. The number of aryl methyl sites for hydroxylation is 1. The molecule has 0 aliphatic heterocycles. The maximum absolute atomic E-state index is 11.9. The molecular formula is C14H22N4O2. The second-order valence-corrected chi connectivity index (χ2v) is 5.10. The minimum absolute atomic E-state index is 0.317. The minimum atomic E-state index is -0.398. The molecule has 2 rings (SSSR count). The van der Waals surface area contributed by atoms with Gasteiger partial charge in [0.25, 0.3) is 5.56 Å². The van der Waals surface area contributed by atoms with Crippen molar-refractivity contribution in [3.63, 3.8) is 0 Å². The molecule has 110 valence electrons. The fourth-order valence-corrected chi connectivity index (χ4v) is 2.66. The zero-order chi connectivity index (χ0) is 14.7. The van der Waals surface area contributed by atoms with Gasteiger partial charge in [-0.1, -0.05) is 26.7 Å². The number of rotatable bonds is 6. The van der Waals surface area contributed by atoms with Crippen molar-refractivity contribution in [1.29, 1.82) is 0 Å². The summed E-state index contributed by atoms with van der Waals surface area (Å²) in [5.41, 5.74) is 0.0814. The van der Waals surface area contributed by atoms with Crippen LogP contribution in [-0.2, 0) is 6.54 Å². The lowest BCUT2D eigenvalue weighted by molar-refractivity contribution is 0.539. The van der Waals surface area contributed by atoms with Gasteiger partial charge in [0, 0.05) is 12.5 Å². The Balaban J connectivity index is 2.60. The van der Waals surface area contributed by atoms with Crippen LogP contribution in [0.3, 0.4) is 0 Å². The van der Waals surface area contributed by atoms with Gasteiger partial charge in [-0.15, -0.1) is 0 Å². The maximum atomic E-state index is 11.9. The van der Waals surface area contributed by atoms with Crippen LogP contribution in [0.5, 0.6) is 0 Å². The van der Waals surface area contributed by atoms with Gasteiger partial charge in [0.2, 0.25) is 0 Å². The second-order valence-electron chi connectivity index (χ2n) is 5.10. The average Bonchev–Trinajstić information content (AvgIpc) is 2.84. The summed E-state index contributed by atoms with van der Waals surface area (Å²) in [7, 11) is 0. The monoisotopic (exact) mass is 278 g/mol. The van der Waals surface area contributed by atoms with Gasteiger partial charge >= 0.3 is 5.69 Å². The lowest BCUT2D eigenvalue weighted by Crippen LogP contribution is -2.29. The van der Waals surface area contributed by atoms with E-state index in [-0.39, 0.29) is 5.56 Å². The van der Waals surface area contributed by atoms with Gasteiger partial charge in [0.1, 0.15) is 11.3 Å². The molecule has 2 aromatic rings. The first-order valence-corrected chi connectivity index (χ1v) is 7.35. The molecule has 0 atom stereocenters. The number of aromatic amines is 2. The maximum Gasteiger partial charge on any atom is 0.330 e. The number of hydrogen-bond donors (Lipinski definition) is 2. The predicted molar refractivity (Wildman–Crippen MR) is 79.2 cm³/mol. The van der Waals surface area contributed by atoms with Crippen molar-refractivity contribution in [3.05, 3.63) is 26.7 Å². The van der Waals surface area contributed by atoms with E-state index in [0.29, 0.717) is 23.6 Å². The smallest absolute Gasteiger partial charge is 0.330 e. The second kappa shape index (κ2) is 6.07. The number of aromatic nitrogens is 4. The van der Waals surface area contributed by atoms with Crippen molar-refractivity contribution in [1.82, 2.24) is 19.5 Å². The summed E-state index contributed by atoms with van der Waals surface area (Å²) in [4.78, 5) is 33.6. The highest BCUT2D eigenvalue weighted by Crippen LogP contribution is 2.24. The molecule has 0 radical (unpaired) electrons. The summed E-state index contributed by atoms with van der Waals surface area (Å²) in [6.07, 6.45) is 4.20. The molecular weight excluding hydrogens is 256 g/mol. The van der Waals surface area contributed by atoms with Crippen molar-refractivity contribution < 1.29 is 0 Å². The first kappa shape index (κ1) is 14.6. The molecule has 0 unspecified atom stereocenters. The normalized spacial score (nSPS) is 11.6. The average molecular weight is 278 g/mol. The quantitative estimate of drug-likeness (QED) is 0.849. The number of hydrogen-bond acceptors (Lipinski definition) is 3. The Labute approximate surface area is 117 Å². The van der Waals surface area contributed by atoms with Crippen LogP contribution in [0.25, 0.3) is 11.2 Å². The third kappa shape index (κ3) is 2.55. The molecule has 0 amide bonds. The molecule has 2 aromatic heterocycles. The predicted octanol–water partition coefficient (Wildman–Crippen LogP) is 2.12. The largest absolute Gasteiger partial charge is 0.336 e. The van der Waals surface area contributed by atoms with E-state index in [1.807, 2.05) is 6.92 Å². The van der Waals surface area contributed by atoms with Crippen LogP contribution >= 0.6 is 0 Å². The Kier molecular flexibility index (Phi) is 4.42. The summed E-state index contributed by atoms with van der Waals surface area (Å²) in [6.45, 7) is 6.63. The van der Waals surface area contributed by atoms with Gasteiger partial charge in [-0.2, -0.15) is 0 Å². The zero-order valence-electron chi connectivity index (χ0n) is 12.3. The zero-order valence-corrected chi connectivity index (χ0v) is 12.3. The van der Waals surface area contributed by atoms with Crippen molar-refractivity contribution in [3.8, 4) is 0 Å². The van der Waals surface area contributed by atoms with E-state index in [1.165, 1.54) is 4.57 Å². The number of imidazole rings is 1. The van der Waals surface area contributed by atoms with E-state index >= 15 is 0 Å². The third-order valence-corrected chi connectivity index (χ3v) is 3.63. The molecule has 20 heavy (non-hydrogen) atoms. The van der Waals surface area contributed by atoms with Crippen LogP contribution in [-0.4, -0.2) is 19.5 Å². The molecule has 0 bridgehead atoms. The van der Waals surface area contributed by atoms with Crippen LogP contribution in [0.4, 0.5) is 0 Å². The van der Waals surface area contributed by atoms with Gasteiger partial charge in [-0.05, 0) is 19.8 Å². The van der Waals surface area contributed by atoms with Gasteiger partial charge in [-0.25, -0.2) is 9.78 Å². The van der Waals surface area contributed by atoms with E-state index in [2.05, 4.69) is 28.8 Å². The van der Waals surface area contributed by atoms with Gasteiger partial charge in [0.15, 0.2) is 5.65 Å². The minimum Gasteiger partial charge on any atom is -0.336 e. The molecule has 0 saturated carbocycles. The molecule has 2 heterocycles. The van der Waals surface area contributed by atoms with Crippen LogP contribution in [0.1, 0.15) is 58.2 Å². The van der Waals surface area contributed by atoms with E-state index in [9.17, 15) is 9.59 Å². The van der Waals surface area contributed by atoms with Crippen LogP contribution in [0.2, 0.25) is 0 Å². The fraction of sp³-hybridized carbons (Fsp3) is 0.643. The molecule has 0 fully saturated rings. The summed E-state index contributed by atoms with van der Waals surface area (Å²) in [6, 6.07) is 0. The standard InChI is InChI=1S/C14H22N4O2/c1-4-7-9(8-5-2)11-15-10-12(16-11)18(6-3)14(20)17-13(10)19/h9H,4-8H2,1-3H3,(H,15,16)(H,17,19,20). The van der Waals surface area contributed by atoms with Crippen molar-refractivity contribution >= 4 is 11.2 Å². The topological polar surface area (TPSA) is 83.5 Å². The van der Waals surface area contributed by atoms with Gasteiger partial charge in [0.05, 0.1) is 0 Å². The van der Waals surface area contributed by atoms with E-state index < -0.39 is 5.69 Å². The molecule has 0 aliphatic rings. The highest BCUT2D eigenvalue weighted by atomic mass is 16.2. The van der Waals surface area contributed by atoms with Crippen LogP contribution in [0, 0.1) is 0 Å². The first-order chi connectivity index (χ1) is 9.62. The number of fused-ring (bicyclic) bond motifs is 1. The Morgan fingerprint density at radius 1 is 1.10 bits per heavy atom. The Morgan fingerprint density at radius 3 is 2.30 bits per heavy atom. The van der Waals surface area contributed by atoms with Gasteiger partial charge < -0.3 is 4.98 Å². The Bertz CT molecular complexity index is 689. The molecule has 6 heteroatoms. The first-order valence-electron chi connectivity index (χ1n) is 7.35. The van der Waals surface area contributed by atoms with Crippen molar-refractivity contribution in [2.45, 2.75) is 58.9 Å². The third-order valence-electron chi connectivity index (χ3n) is 3.63. The molecule has 0 spiro atoms. The molecule has 0 saturated heterocycles. The Morgan fingerprint density at radius 2 is 1.75 bits per heavy atom. The van der Waals surface area contributed by atoms with Gasteiger partial charge in [-0.3, -0.25) is 14.3 Å². The fourth-order valence-electron chi connectivity index (χ4n) is 2.66. The highest BCUT2D eigenvalue weighted by Gasteiger charge is 2.17. The van der Waals surface area contributed by atoms with Crippen molar-refractivity contribution in [2.75, 3.05) is 0 Å². The molecule has 6 nitrogen and oxygen atoms in total. The summed E-state index contributed by atoms with van der Waals surface area (Å²) < 4.78 is 1.49. The van der Waals surface area contributed by atoms with Crippen LogP contribution < -0.4 is 11.2 Å². The lowest BCUT2D eigenvalue weighted by atomic mass is 9.98. The number of nitrogens with one attached hydrogen (secondary N) is 2. The highest BCUT2D eigenvalue weighted by molar-refractivity contribution is 5.69. The molecule has 0 aliphatic carbocycles. The lowest BCUT2D eigenvalue weighted by Gasteiger charge is -2.11.